The fraction of sp³-hybridized carbons (Fsp3) is 0.625. The number of hydrogen-bond acceptors (Lipinski definition) is 3. The third-order valence-electron chi connectivity index (χ3n) is 3.80. The van der Waals surface area contributed by atoms with Crippen molar-refractivity contribution in [2.75, 3.05) is 32.8 Å². The van der Waals surface area contributed by atoms with Gasteiger partial charge in [0.2, 0.25) is 0 Å². The Balaban J connectivity index is 1.77. The lowest BCUT2D eigenvalue weighted by molar-refractivity contribution is 0.135. The van der Waals surface area contributed by atoms with Crippen molar-refractivity contribution in [1.29, 1.82) is 0 Å². The van der Waals surface area contributed by atoms with Crippen molar-refractivity contribution in [3.63, 3.8) is 0 Å². The molecule has 0 bridgehead atoms. The maximum Gasteiger partial charge on any atom is 0.119 e. The summed E-state index contributed by atoms with van der Waals surface area (Å²) in [6.07, 6.45) is 3.70. The van der Waals surface area contributed by atoms with Gasteiger partial charge in [0.15, 0.2) is 0 Å². The maximum atomic E-state index is 5.87. The number of halogens is 1. The highest BCUT2D eigenvalue weighted by atomic mass is 35.5. The Hall–Kier alpha value is -0.770. The first-order valence-electron chi connectivity index (χ1n) is 7.62. The van der Waals surface area contributed by atoms with Crippen LogP contribution >= 0.6 is 11.6 Å². The van der Waals surface area contributed by atoms with E-state index >= 15 is 0 Å². The van der Waals surface area contributed by atoms with Crippen LogP contribution in [0.4, 0.5) is 0 Å². The number of nitrogens with one attached hydrogen (secondary N) is 1. The molecule has 1 heterocycles. The fourth-order valence-corrected chi connectivity index (χ4v) is 2.87. The van der Waals surface area contributed by atoms with Gasteiger partial charge in [-0.3, -0.25) is 4.90 Å². The third kappa shape index (κ3) is 4.97. The average Bonchev–Trinajstić information content (AvgIpc) is 2.49. The number of hydrogen-bond donors (Lipinski definition) is 1. The molecule has 112 valence electrons. The molecule has 0 aliphatic carbocycles. The van der Waals surface area contributed by atoms with E-state index in [4.69, 9.17) is 16.3 Å². The molecule has 1 saturated heterocycles. The molecular weight excluding hydrogens is 272 g/mol. The van der Waals surface area contributed by atoms with Crippen molar-refractivity contribution in [1.82, 2.24) is 10.2 Å². The molecule has 0 atom stereocenters. The highest BCUT2D eigenvalue weighted by molar-refractivity contribution is 6.30. The van der Waals surface area contributed by atoms with Crippen LogP contribution < -0.4 is 10.1 Å². The predicted octanol–water partition coefficient (Wildman–Crippen LogP) is 3.18. The molecule has 1 fully saturated rings. The normalized spacial score (nSPS) is 16.6. The second-order valence-electron chi connectivity index (χ2n) is 5.32. The quantitative estimate of drug-likeness (QED) is 0.836. The Labute approximate surface area is 127 Å². The monoisotopic (exact) mass is 296 g/mol. The van der Waals surface area contributed by atoms with Crippen molar-refractivity contribution in [3.05, 3.63) is 29.3 Å². The molecule has 0 spiro atoms. The second kappa shape index (κ2) is 8.50. The van der Waals surface area contributed by atoms with Crippen LogP contribution in [-0.4, -0.2) is 43.7 Å². The van der Waals surface area contributed by atoms with E-state index < -0.39 is 0 Å². The molecule has 2 rings (SSSR count). The molecule has 0 amide bonds. The Kier molecular flexibility index (Phi) is 6.64. The smallest absolute Gasteiger partial charge is 0.119 e. The molecule has 1 aromatic rings. The third-order valence-corrected chi connectivity index (χ3v) is 4.05. The van der Waals surface area contributed by atoms with E-state index in [1.165, 1.54) is 19.3 Å². The lowest BCUT2D eigenvalue weighted by atomic mass is 10.0. The Bertz CT molecular complexity index is 377. The number of benzene rings is 1. The summed E-state index contributed by atoms with van der Waals surface area (Å²) in [5.41, 5.74) is 0. The van der Waals surface area contributed by atoms with E-state index in [0.717, 1.165) is 43.6 Å². The summed E-state index contributed by atoms with van der Waals surface area (Å²) in [5, 5.41) is 4.18. The van der Waals surface area contributed by atoms with E-state index in [0.29, 0.717) is 6.04 Å². The second-order valence-corrected chi connectivity index (χ2v) is 5.76. The molecule has 1 aliphatic heterocycles. The fourth-order valence-electron chi connectivity index (χ4n) is 2.75. The van der Waals surface area contributed by atoms with Gasteiger partial charge in [-0.2, -0.15) is 0 Å². The zero-order valence-corrected chi connectivity index (χ0v) is 13.0. The van der Waals surface area contributed by atoms with Gasteiger partial charge >= 0.3 is 0 Å². The van der Waals surface area contributed by atoms with Gasteiger partial charge in [0.05, 0.1) is 0 Å². The maximum absolute atomic E-state index is 5.87. The largest absolute Gasteiger partial charge is 0.492 e. The standard InChI is InChI=1S/C16H25ClN2O/c1-2-11-19(15-7-9-18-10-8-15)12-13-20-16-5-3-14(17)4-6-16/h3-6,15,18H,2,7-13H2,1H3. The van der Waals surface area contributed by atoms with Gasteiger partial charge < -0.3 is 10.1 Å². The first kappa shape index (κ1) is 15.6. The van der Waals surface area contributed by atoms with Crippen molar-refractivity contribution in [2.24, 2.45) is 0 Å². The van der Waals surface area contributed by atoms with E-state index in [1.807, 2.05) is 24.3 Å². The summed E-state index contributed by atoms with van der Waals surface area (Å²) in [6.45, 7) is 7.43. The van der Waals surface area contributed by atoms with Crippen LogP contribution in [0.15, 0.2) is 24.3 Å². The van der Waals surface area contributed by atoms with Crippen LogP contribution in [0.5, 0.6) is 5.75 Å². The predicted molar refractivity (Wildman–Crippen MR) is 84.7 cm³/mol. The van der Waals surface area contributed by atoms with Gasteiger partial charge in [0.1, 0.15) is 12.4 Å². The summed E-state index contributed by atoms with van der Waals surface area (Å²) in [4.78, 5) is 2.58. The van der Waals surface area contributed by atoms with Crippen LogP contribution in [0.1, 0.15) is 26.2 Å². The van der Waals surface area contributed by atoms with E-state index in [-0.39, 0.29) is 0 Å². The van der Waals surface area contributed by atoms with Crippen LogP contribution in [0.2, 0.25) is 5.02 Å². The zero-order chi connectivity index (χ0) is 14.2. The Morgan fingerprint density at radius 2 is 1.90 bits per heavy atom. The minimum Gasteiger partial charge on any atom is -0.492 e. The molecule has 0 saturated carbocycles. The van der Waals surface area contributed by atoms with Crippen molar-refractivity contribution in [3.8, 4) is 5.75 Å². The summed E-state index contributed by atoms with van der Waals surface area (Å²) in [7, 11) is 0. The van der Waals surface area contributed by atoms with Gasteiger partial charge in [-0.1, -0.05) is 18.5 Å². The molecule has 3 nitrogen and oxygen atoms in total. The molecule has 1 aromatic carbocycles. The summed E-state index contributed by atoms with van der Waals surface area (Å²) in [6, 6.07) is 8.31. The average molecular weight is 297 g/mol. The highest BCUT2D eigenvalue weighted by Gasteiger charge is 2.19. The van der Waals surface area contributed by atoms with E-state index in [2.05, 4.69) is 17.1 Å². The number of nitrogens with zero attached hydrogens (tertiary/aromatic N) is 1. The SMILES string of the molecule is CCCN(CCOc1ccc(Cl)cc1)C1CCNCC1. The first-order valence-corrected chi connectivity index (χ1v) is 8.00. The molecule has 1 aliphatic rings. The summed E-state index contributed by atoms with van der Waals surface area (Å²) < 4.78 is 5.81. The lowest BCUT2D eigenvalue weighted by Crippen LogP contribution is -2.45. The molecule has 4 heteroatoms. The molecule has 1 N–H and O–H groups in total. The molecule has 0 aromatic heterocycles. The molecule has 20 heavy (non-hydrogen) atoms. The van der Waals surface area contributed by atoms with Crippen LogP contribution in [-0.2, 0) is 0 Å². The summed E-state index contributed by atoms with van der Waals surface area (Å²) in [5.74, 6) is 0.899. The van der Waals surface area contributed by atoms with Gasteiger partial charge in [-0.05, 0) is 63.2 Å². The minimum absolute atomic E-state index is 0.713. The van der Waals surface area contributed by atoms with Gasteiger partial charge in [0.25, 0.3) is 0 Å². The Morgan fingerprint density at radius 3 is 2.55 bits per heavy atom. The number of rotatable bonds is 7. The van der Waals surface area contributed by atoms with Gasteiger partial charge in [-0.25, -0.2) is 0 Å². The minimum atomic E-state index is 0.713. The van der Waals surface area contributed by atoms with Crippen molar-refractivity contribution >= 4 is 11.6 Å². The Morgan fingerprint density at radius 1 is 1.20 bits per heavy atom. The van der Waals surface area contributed by atoms with E-state index in [1.54, 1.807) is 0 Å². The number of piperidine rings is 1. The van der Waals surface area contributed by atoms with Crippen molar-refractivity contribution in [2.45, 2.75) is 32.2 Å². The zero-order valence-electron chi connectivity index (χ0n) is 12.3. The number of ether oxygens (including phenoxy) is 1. The van der Waals surface area contributed by atoms with Crippen LogP contribution in [0.3, 0.4) is 0 Å². The highest BCUT2D eigenvalue weighted by Crippen LogP contribution is 2.16. The molecule has 0 radical (unpaired) electrons. The van der Waals surface area contributed by atoms with Crippen LogP contribution in [0.25, 0.3) is 0 Å². The van der Waals surface area contributed by atoms with Crippen molar-refractivity contribution < 1.29 is 4.74 Å². The van der Waals surface area contributed by atoms with Crippen LogP contribution in [0, 0.1) is 0 Å². The topological polar surface area (TPSA) is 24.5 Å². The first-order chi connectivity index (χ1) is 9.79. The molecule has 0 unspecified atom stereocenters. The molecular formula is C16H25ClN2O. The van der Waals surface area contributed by atoms with Gasteiger partial charge in [0, 0.05) is 17.6 Å². The van der Waals surface area contributed by atoms with E-state index in [9.17, 15) is 0 Å². The van der Waals surface area contributed by atoms with Gasteiger partial charge in [-0.15, -0.1) is 0 Å². The lowest BCUT2D eigenvalue weighted by Gasteiger charge is -2.34. The summed E-state index contributed by atoms with van der Waals surface area (Å²) >= 11 is 5.87.